The highest BCUT2D eigenvalue weighted by molar-refractivity contribution is 5.76. The summed E-state index contributed by atoms with van der Waals surface area (Å²) in [6.07, 6.45) is 4.97. The fraction of sp³-hybridized carbons (Fsp3) is 0.929. The summed E-state index contributed by atoms with van der Waals surface area (Å²) in [7, 11) is 0. The first-order chi connectivity index (χ1) is 7.81. The van der Waals surface area contributed by atoms with E-state index in [2.05, 4.69) is 26.1 Å². The van der Waals surface area contributed by atoms with Crippen LogP contribution in [0.15, 0.2) is 0 Å². The van der Waals surface area contributed by atoms with Gasteiger partial charge in [0.05, 0.1) is 5.60 Å². The molecule has 1 amide bonds. The van der Waals surface area contributed by atoms with Crippen molar-refractivity contribution >= 4 is 5.91 Å². The largest absolute Gasteiger partial charge is 0.376 e. The second-order valence-electron chi connectivity index (χ2n) is 5.85. The van der Waals surface area contributed by atoms with Gasteiger partial charge in [0, 0.05) is 19.1 Å². The van der Waals surface area contributed by atoms with Crippen LogP contribution in [-0.4, -0.2) is 24.2 Å². The van der Waals surface area contributed by atoms with E-state index in [4.69, 9.17) is 4.74 Å². The van der Waals surface area contributed by atoms with Gasteiger partial charge in [0.1, 0.15) is 0 Å². The smallest absolute Gasteiger partial charge is 0.220 e. The predicted molar refractivity (Wildman–Crippen MR) is 72.1 cm³/mol. The van der Waals surface area contributed by atoms with Crippen molar-refractivity contribution in [3.63, 3.8) is 0 Å². The Morgan fingerprint density at radius 2 is 1.71 bits per heavy atom. The van der Waals surface area contributed by atoms with Crippen LogP contribution in [0.3, 0.4) is 0 Å². The van der Waals surface area contributed by atoms with Gasteiger partial charge in [-0.25, -0.2) is 0 Å². The number of carbonyl (C=O) groups is 1. The lowest BCUT2D eigenvalue weighted by Gasteiger charge is -2.19. The Kier molecular flexibility index (Phi) is 8.23. The van der Waals surface area contributed by atoms with Crippen LogP contribution in [0.1, 0.15) is 66.7 Å². The van der Waals surface area contributed by atoms with E-state index in [1.807, 2.05) is 13.8 Å². The summed E-state index contributed by atoms with van der Waals surface area (Å²) in [4.78, 5) is 11.3. The van der Waals surface area contributed by atoms with E-state index >= 15 is 0 Å². The van der Waals surface area contributed by atoms with Crippen molar-refractivity contribution < 1.29 is 9.53 Å². The van der Waals surface area contributed by atoms with Crippen LogP contribution in [0, 0.1) is 0 Å². The molecule has 0 atom stereocenters. The van der Waals surface area contributed by atoms with E-state index in [0.29, 0.717) is 6.42 Å². The zero-order chi connectivity index (χ0) is 13.3. The molecule has 0 aromatic carbocycles. The normalized spacial score (nSPS) is 11.9. The van der Waals surface area contributed by atoms with Gasteiger partial charge in [-0.1, -0.05) is 12.8 Å². The lowest BCUT2D eigenvalue weighted by molar-refractivity contribution is -0.121. The zero-order valence-corrected chi connectivity index (χ0v) is 12.1. The third kappa shape index (κ3) is 13.4. The van der Waals surface area contributed by atoms with Crippen molar-refractivity contribution in [2.75, 3.05) is 6.61 Å². The Bertz CT molecular complexity index is 207. The molecule has 0 aliphatic carbocycles. The van der Waals surface area contributed by atoms with Gasteiger partial charge in [-0.05, 0) is 47.5 Å². The summed E-state index contributed by atoms with van der Waals surface area (Å²) in [6, 6.07) is 0.252. The number of nitrogens with one attached hydrogen (secondary N) is 1. The molecule has 0 radical (unpaired) electrons. The van der Waals surface area contributed by atoms with Crippen LogP contribution >= 0.6 is 0 Å². The molecule has 3 nitrogen and oxygen atoms in total. The summed E-state index contributed by atoms with van der Waals surface area (Å²) in [5, 5.41) is 2.90. The Labute approximate surface area is 106 Å². The van der Waals surface area contributed by atoms with Gasteiger partial charge in [-0.3, -0.25) is 4.79 Å². The molecule has 0 aromatic heterocycles. The maximum absolute atomic E-state index is 11.3. The van der Waals surface area contributed by atoms with Crippen LogP contribution in [0.5, 0.6) is 0 Å². The van der Waals surface area contributed by atoms with Gasteiger partial charge in [0.2, 0.25) is 5.91 Å². The van der Waals surface area contributed by atoms with Gasteiger partial charge in [-0.15, -0.1) is 0 Å². The second kappa shape index (κ2) is 8.51. The predicted octanol–water partition coefficient (Wildman–Crippen LogP) is 3.28. The monoisotopic (exact) mass is 243 g/mol. The Morgan fingerprint density at radius 3 is 2.24 bits per heavy atom. The second-order valence-corrected chi connectivity index (χ2v) is 5.85. The summed E-state index contributed by atoms with van der Waals surface area (Å²) in [6.45, 7) is 11.0. The molecule has 0 unspecified atom stereocenters. The number of hydrogen-bond acceptors (Lipinski definition) is 2. The lowest BCUT2D eigenvalue weighted by Crippen LogP contribution is -2.29. The maximum Gasteiger partial charge on any atom is 0.220 e. The molecule has 0 spiro atoms. The Balaban J connectivity index is 3.27. The molecule has 0 aliphatic rings. The van der Waals surface area contributed by atoms with E-state index in [1.54, 1.807) is 0 Å². The van der Waals surface area contributed by atoms with Crippen molar-refractivity contribution in [1.82, 2.24) is 5.32 Å². The molecule has 0 saturated heterocycles. The highest BCUT2D eigenvalue weighted by atomic mass is 16.5. The minimum absolute atomic E-state index is 0.0306. The maximum atomic E-state index is 11.3. The van der Waals surface area contributed by atoms with Gasteiger partial charge >= 0.3 is 0 Å². The minimum atomic E-state index is -0.0306. The van der Waals surface area contributed by atoms with Crippen LogP contribution in [0.4, 0.5) is 0 Å². The molecule has 3 heteroatoms. The summed E-state index contributed by atoms with van der Waals surface area (Å²) < 4.78 is 5.63. The molecule has 0 aromatic rings. The van der Waals surface area contributed by atoms with Gasteiger partial charge in [-0.2, -0.15) is 0 Å². The quantitative estimate of drug-likeness (QED) is 0.664. The van der Waals surface area contributed by atoms with E-state index in [-0.39, 0.29) is 17.6 Å². The molecular formula is C14H29NO2. The summed E-state index contributed by atoms with van der Waals surface area (Å²) in [5.41, 5.74) is -0.0306. The topological polar surface area (TPSA) is 38.3 Å². The first-order valence-electron chi connectivity index (χ1n) is 6.74. The highest BCUT2D eigenvalue weighted by Crippen LogP contribution is 2.09. The third-order valence-electron chi connectivity index (χ3n) is 2.28. The first-order valence-corrected chi connectivity index (χ1v) is 6.74. The van der Waals surface area contributed by atoms with Crippen LogP contribution in [0.25, 0.3) is 0 Å². The third-order valence-corrected chi connectivity index (χ3v) is 2.28. The molecule has 1 N–H and O–H groups in total. The average molecular weight is 243 g/mol. The van der Waals surface area contributed by atoms with Crippen molar-refractivity contribution in [1.29, 1.82) is 0 Å². The van der Waals surface area contributed by atoms with Gasteiger partial charge < -0.3 is 10.1 Å². The van der Waals surface area contributed by atoms with Crippen molar-refractivity contribution in [3.05, 3.63) is 0 Å². The molecule has 17 heavy (non-hydrogen) atoms. The summed E-state index contributed by atoms with van der Waals surface area (Å²) >= 11 is 0. The standard InChI is InChI=1S/C14H29NO2/c1-12(2)15-13(16)10-8-6-7-9-11-17-14(3,4)5/h12H,6-11H2,1-5H3,(H,15,16). The Hall–Kier alpha value is -0.570. The SMILES string of the molecule is CC(C)NC(=O)CCCCCCOC(C)(C)C. The number of carbonyl (C=O) groups excluding carboxylic acids is 1. The van der Waals surface area contributed by atoms with E-state index < -0.39 is 0 Å². The van der Waals surface area contributed by atoms with Crippen molar-refractivity contribution in [3.8, 4) is 0 Å². The van der Waals surface area contributed by atoms with Gasteiger partial charge in [0.25, 0.3) is 0 Å². The fourth-order valence-corrected chi connectivity index (χ4v) is 1.51. The molecule has 102 valence electrons. The molecule has 0 heterocycles. The number of unbranched alkanes of at least 4 members (excludes halogenated alkanes) is 3. The van der Waals surface area contributed by atoms with E-state index in [0.717, 1.165) is 32.3 Å². The lowest BCUT2D eigenvalue weighted by atomic mass is 10.1. The number of ether oxygens (including phenoxy) is 1. The number of amides is 1. The molecule has 0 saturated carbocycles. The van der Waals surface area contributed by atoms with E-state index in [9.17, 15) is 4.79 Å². The zero-order valence-electron chi connectivity index (χ0n) is 12.1. The van der Waals surface area contributed by atoms with E-state index in [1.165, 1.54) is 0 Å². The highest BCUT2D eigenvalue weighted by Gasteiger charge is 2.08. The van der Waals surface area contributed by atoms with Gasteiger partial charge in [0.15, 0.2) is 0 Å². The number of rotatable bonds is 8. The molecule has 0 fully saturated rings. The molecule has 0 aliphatic heterocycles. The minimum Gasteiger partial charge on any atom is -0.376 e. The first kappa shape index (κ1) is 16.4. The molecular weight excluding hydrogens is 214 g/mol. The fourth-order valence-electron chi connectivity index (χ4n) is 1.51. The van der Waals surface area contributed by atoms with Crippen molar-refractivity contribution in [2.45, 2.75) is 78.4 Å². The van der Waals surface area contributed by atoms with Crippen LogP contribution in [0.2, 0.25) is 0 Å². The summed E-state index contributed by atoms with van der Waals surface area (Å²) in [5.74, 6) is 0.172. The number of hydrogen-bond donors (Lipinski definition) is 1. The van der Waals surface area contributed by atoms with Crippen molar-refractivity contribution in [2.24, 2.45) is 0 Å². The van der Waals surface area contributed by atoms with Crippen LogP contribution < -0.4 is 5.32 Å². The Morgan fingerprint density at radius 1 is 1.12 bits per heavy atom. The average Bonchev–Trinajstić information content (AvgIpc) is 2.13. The molecule has 0 bridgehead atoms. The van der Waals surface area contributed by atoms with Crippen LogP contribution in [-0.2, 0) is 9.53 Å². The molecule has 0 rings (SSSR count).